The van der Waals surface area contributed by atoms with Crippen LogP contribution in [-0.2, 0) is 34.8 Å². The summed E-state index contributed by atoms with van der Waals surface area (Å²) >= 11 is 13.0. The van der Waals surface area contributed by atoms with Crippen molar-refractivity contribution in [1.29, 1.82) is 0 Å². The molecule has 660 valence electrons. The molecule has 1 unspecified atom stereocenters. The number of aryl methyl sites for hydroxylation is 2. The normalized spacial score (nSPS) is 12.3. The highest BCUT2D eigenvalue weighted by atomic mass is 35.5. The molecule has 19 rings (SSSR count). The van der Waals surface area contributed by atoms with Gasteiger partial charge in [0.1, 0.15) is 39.9 Å². The molecule has 3 amide bonds. The summed E-state index contributed by atoms with van der Waals surface area (Å²) in [6.07, 6.45) is 12.0. The van der Waals surface area contributed by atoms with Crippen LogP contribution in [0, 0.1) is 5.95 Å². The number of halogens is 3. The number of anilines is 8. The van der Waals surface area contributed by atoms with E-state index in [9.17, 15) is 38.3 Å². The Hall–Kier alpha value is -17.0. The molecule has 0 radical (unpaired) electrons. The molecule has 18 aromatic rings. The first-order valence-electron chi connectivity index (χ1n) is 40.9. The van der Waals surface area contributed by atoms with Crippen LogP contribution in [0.4, 0.5) is 50.8 Å². The van der Waals surface area contributed by atoms with E-state index < -0.39 is 18.0 Å². The lowest BCUT2D eigenvalue weighted by Gasteiger charge is -2.17. The summed E-state index contributed by atoms with van der Waals surface area (Å²) in [5.74, 6) is -1.87. The van der Waals surface area contributed by atoms with Crippen LogP contribution in [0.25, 0.3) is 128 Å². The number of hydrogen-bond acceptors (Lipinski definition) is 27. The van der Waals surface area contributed by atoms with Crippen LogP contribution in [0.1, 0.15) is 39.6 Å². The van der Waals surface area contributed by atoms with Crippen LogP contribution >= 0.6 is 23.2 Å². The number of nitrogens with zero attached hydrogens (tertiary/aromatic N) is 17. The van der Waals surface area contributed by atoms with E-state index in [2.05, 4.69) is 96.5 Å². The summed E-state index contributed by atoms with van der Waals surface area (Å²) in [6.45, 7) is 3.17. The fourth-order valence-corrected chi connectivity index (χ4v) is 15.0. The Morgan fingerprint density at radius 1 is 0.553 bits per heavy atom. The standard InChI is InChI=1S/C26H23ClN8O3.C25H22N8O2.C24H22ClN7O3.C19H13FN4/c1-3-38-26(37)15-6-4-14(5-7-15)10-20(36)30-25-24(28)31-23(19-8-9-35(2)34-19)22(32-25)16-11-17-13-29-33-21(17)18(27)12-16;1-27-17-6-3-14(4-7-17)24(34)31-23-22(26)29-21(19-10-12-33(2)32-19)20(30-23)16-5-8-18-15(13-16)9-11-28-25(18)35;25-17-11-15(10-14-4-3-7-27-20(14)17)21-24(32-8-2-1-5-19(32)35)30-22(26)23(29-21)28-18(34)13-31-9-6-16(33)12-31;20-18-19(21)24-16(12-5-2-1-3-6-12)17(23-18)14-8-9-15-13(11-14)7-4-10-22-15/h4-9,11-13H,3,10H2,1-2H3,(H2,28,31)(H,29,33)(H,30,32,36);3-13,27H,1-2H3,(H2,26,29)(H,28,35)(H,30,31,34);1-5,7-8,10-11,16,33H,6,9,12-13H2,(H2,26,30)(H,28,29,34);1-11H,(H2,21,24). The minimum Gasteiger partial charge on any atom is -0.462 e. The van der Waals surface area contributed by atoms with Gasteiger partial charge in [0.2, 0.25) is 11.8 Å². The molecular weight excluding hydrogens is 1730 g/mol. The van der Waals surface area contributed by atoms with Gasteiger partial charge in [0, 0.05) is 138 Å². The Balaban J connectivity index is 0.000000130. The first-order valence-corrected chi connectivity index (χ1v) is 41.7. The molecular formula is C94H80Cl2FN27O8. The van der Waals surface area contributed by atoms with Crippen molar-refractivity contribution < 1.29 is 33.4 Å². The largest absolute Gasteiger partial charge is 0.462 e. The zero-order valence-corrected chi connectivity index (χ0v) is 72.3. The van der Waals surface area contributed by atoms with Crippen LogP contribution in [0.3, 0.4) is 0 Å². The number of fused-ring (bicyclic) bond motifs is 4. The number of β-amino-alcohol motifs (C(OH)–C–C–N with tert-alkyl or cyclic N) is 1. The summed E-state index contributed by atoms with van der Waals surface area (Å²) in [5.41, 5.74) is 36.2. The van der Waals surface area contributed by atoms with Gasteiger partial charge in [-0.05, 0) is 146 Å². The van der Waals surface area contributed by atoms with Crippen LogP contribution in [0.2, 0.25) is 10.0 Å². The molecule has 7 aromatic carbocycles. The fraction of sp³-hybridized carbons (Fsp3) is 0.117. The lowest BCUT2D eigenvalue weighted by molar-refractivity contribution is -0.117. The topological polar surface area (TPSA) is 501 Å². The van der Waals surface area contributed by atoms with Crippen LogP contribution < -0.4 is 55.3 Å². The average Bonchev–Trinajstić information content (AvgIpc) is 1.03. The van der Waals surface area contributed by atoms with Gasteiger partial charge < -0.3 is 59.0 Å². The third-order valence-corrected chi connectivity index (χ3v) is 21.5. The maximum Gasteiger partial charge on any atom is 0.338 e. The predicted octanol–water partition coefficient (Wildman–Crippen LogP) is 13.4. The number of carbonyl (C=O) groups excluding carboxylic acids is 4. The predicted molar refractivity (Wildman–Crippen MR) is 506 cm³/mol. The van der Waals surface area contributed by atoms with Gasteiger partial charge in [-0.1, -0.05) is 96.0 Å². The summed E-state index contributed by atoms with van der Waals surface area (Å²) in [7, 11) is 5.40. The first kappa shape index (κ1) is 88.5. The molecule has 1 aliphatic heterocycles. The number of nitrogens with two attached hydrogens (primary N) is 4. The number of aliphatic hydroxyl groups is 1. The molecule has 35 nitrogen and oxygen atoms in total. The molecule has 132 heavy (non-hydrogen) atoms. The van der Waals surface area contributed by atoms with E-state index in [1.165, 1.54) is 10.6 Å². The summed E-state index contributed by atoms with van der Waals surface area (Å²) in [4.78, 5) is 124. The SMILES string of the molecule is CCOC(=O)c1ccc(CC(=O)Nc2nc(-c3cc(Cl)c4[nH]ncc4c3)c(-c3ccn(C)n3)nc2N)cc1.CNc1ccc(C(=O)Nc2nc(-c3ccc4c(=O)[nH]ccc4c3)c(-c3ccn(C)n3)nc2N)cc1.Nc1nc(-c2ccccc2)c(-c2ccc3ncccc3c2)nc1F.Nc1nc(-n2ccccc2=O)c(-c2cc(Cl)c3ncccc3c2)nc1NC(=O)CN1CCC(O)C1. The van der Waals surface area contributed by atoms with Gasteiger partial charge in [0.15, 0.2) is 46.5 Å². The van der Waals surface area contributed by atoms with Gasteiger partial charge in [-0.25, -0.2) is 44.7 Å². The van der Waals surface area contributed by atoms with E-state index >= 15 is 0 Å². The number of ether oxygens (including phenoxy) is 1. The Labute approximate surface area is 759 Å². The number of amides is 3. The fourth-order valence-electron chi connectivity index (χ4n) is 14.5. The number of aliphatic hydroxyl groups excluding tert-OH is 1. The minimum absolute atomic E-state index is 0.0361. The van der Waals surface area contributed by atoms with Crippen LogP contribution in [-0.4, -0.2) is 162 Å². The molecule has 11 aromatic heterocycles. The molecule has 0 spiro atoms. The van der Waals surface area contributed by atoms with Crippen molar-refractivity contribution >= 4 is 137 Å². The number of benzene rings is 7. The second-order valence-corrected chi connectivity index (χ2v) is 30.9. The molecule has 1 aliphatic rings. The van der Waals surface area contributed by atoms with E-state index in [0.29, 0.717) is 131 Å². The zero-order valence-electron chi connectivity index (χ0n) is 70.8. The number of carbonyl (C=O) groups is 4. The quantitative estimate of drug-likeness (QED) is 0.0335. The molecule has 0 aliphatic carbocycles. The zero-order chi connectivity index (χ0) is 92.4. The number of pyridine rings is 4. The second kappa shape index (κ2) is 39.1. The molecule has 0 saturated carbocycles. The second-order valence-electron chi connectivity index (χ2n) is 30.1. The number of nitrogen functional groups attached to an aromatic ring is 4. The van der Waals surface area contributed by atoms with Crippen molar-refractivity contribution in [3.05, 3.63) is 297 Å². The Kier molecular flexibility index (Phi) is 26.2. The van der Waals surface area contributed by atoms with E-state index in [1.807, 2.05) is 95.9 Å². The highest BCUT2D eigenvalue weighted by molar-refractivity contribution is 6.36. The number of nitrogens with one attached hydrogen (secondary N) is 6. The molecule has 1 saturated heterocycles. The summed E-state index contributed by atoms with van der Waals surface area (Å²) < 4.78 is 23.6. The molecule has 0 bridgehead atoms. The van der Waals surface area contributed by atoms with Gasteiger partial charge in [-0.2, -0.15) is 19.7 Å². The van der Waals surface area contributed by atoms with Crippen molar-refractivity contribution in [2.45, 2.75) is 25.9 Å². The van der Waals surface area contributed by atoms with Crippen LogP contribution in [0.5, 0.6) is 0 Å². The van der Waals surface area contributed by atoms with Gasteiger partial charge in [0.25, 0.3) is 23.0 Å². The number of rotatable bonds is 19. The van der Waals surface area contributed by atoms with Crippen molar-refractivity contribution in [3.63, 3.8) is 0 Å². The Morgan fingerprint density at radius 3 is 1.82 bits per heavy atom. The summed E-state index contributed by atoms with van der Waals surface area (Å²) in [6, 6.07) is 58.9. The van der Waals surface area contributed by atoms with E-state index in [0.717, 1.165) is 43.9 Å². The van der Waals surface area contributed by atoms with E-state index in [1.54, 1.807) is 184 Å². The van der Waals surface area contributed by atoms with Crippen molar-refractivity contribution in [1.82, 2.24) is 94.0 Å². The van der Waals surface area contributed by atoms with Crippen molar-refractivity contribution in [2.75, 3.05) is 77.5 Å². The number of aromatic amines is 2. The Bertz CT molecular complexity index is 7570. The average molecular weight is 1810 g/mol. The molecule has 1 fully saturated rings. The maximum absolute atomic E-state index is 14.0. The van der Waals surface area contributed by atoms with E-state index in [-0.39, 0.29) is 95.0 Å². The molecule has 15 N–H and O–H groups in total. The summed E-state index contributed by atoms with van der Waals surface area (Å²) in [5, 5.41) is 41.4. The third-order valence-electron chi connectivity index (χ3n) is 20.9. The van der Waals surface area contributed by atoms with Crippen molar-refractivity contribution in [2.24, 2.45) is 14.1 Å². The number of H-pyrrole nitrogens is 2. The smallest absolute Gasteiger partial charge is 0.338 e. The van der Waals surface area contributed by atoms with Gasteiger partial charge in [-0.15, -0.1) is 0 Å². The van der Waals surface area contributed by atoms with E-state index in [4.69, 9.17) is 50.9 Å². The lowest BCUT2D eigenvalue weighted by atomic mass is 10.0. The number of likely N-dealkylation sites (tertiary alicyclic amines) is 1. The maximum atomic E-state index is 14.0. The molecule has 12 heterocycles. The first-order chi connectivity index (χ1) is 63.8. The molecule has 1 atom stereocenters. The third kappa shape index (κ3) is 20.0. The van der Waals surface area contributed by atoms with Gasteiger partial charge in [0.05, 0.1) is 75.4 Å². The van der Waals surface area contributed by atoms with Gasteiger partial charge in [-0.3, -0.25) is 57.9 Å². The van der Waals surface area contributed by atoms with Crippen LogP contribution in [0.15, 0.2) is 253 Å². The Morgan fingerprint density at radius 2 is 1.14 bits per heavy atom. The highest BCUT2D eigenvalue weighted by Gasteiger charge is 2.28. The van der Waals surface area contributed by atoms with Crippen molar-refractivity contribution in [3.8, 4) is 84.9 Å². The lowest BCUT2D eigenvalue weighted by Crippen LogP contribution is -2.32. The highest BCUT2D eigenvalue weighted by Crippen LogP contribution is 2.39. The monoisotopic (exact) mass is 1800 g/mol. The van der Waals surface area contributed by atoms with Gasteiger partial charge >= 0.3 is 5.97 Å². The number of hydrogen-bond donors (Lipinski definition) is 11. The molecule has 38 heteroatoms. The minimum atomic E-state index is -0.768. The number of esters is 1. The number of aromatic nitrogens is 18.